The van der Waals surface area contributed by atoms with Crippen molar-refractivity contribution in [2.45, 2.75) is 26.9 Å². The molecule has 0 saturated heterocycles. The Kier molecular flexibility index (Phi) is 3.21. The number of H-pyrrole nitrogens is 2. The van der Waals surface area contributed by atoms with Crippen molar-refractivity contribution < 1.29 is 0 Å². The number of aromatic nitrogens is 3. The van der Waals surface area contributed by atoms with Crippen LogP contribution in [0.3, 0.4) is 0 Å². The SMILES string of the molecule is Cc1n[nH]c(C)c1CNCc1csc(=O)[nH]1. The molecule has 0 unspecified atom stereocenters. The van der Waals surface area contributed by atoms with Crippen molar-refractivity contribution in [2.75, 3.05) is 0 Å². The Labute approximate surface area is 96.9 Å². The molecule has 2 heterocycles. The topological polar surface area (TPSA) is 73.6 Å². The van der Waals surface area contributed by atoms with Gasteiger partial charge in [-0.25, -0.2) is 0 Å². The van der Waals surface area contributed by atoms with Gasteiger partial charge >= 0.3 is 4.87 Å². The Morgan fingerprint density at radius 2 is 2.25 bits per heavy atom. The summed E-state index contributed by atoms with van der Waals surface area (Å²) in [6, 6.07) is 0. The molecule has 0 aliphatic carbocycles. The molecule has 0 atom stereocenters. The van der Waals surface area contributed by atoms with E-state index in [1.165, 1.54) is 16.9 Å². The van der Waals surface area contributed by atoms with Crippen LogP contribution in [0.5, 0.6) is 0 Å². The zero-order valence-corrected chi connectivity index (χ0v) is 10.1. The zero-order valence-electron chi connectivity index (χ0n) is 9.26. The summed E-state index contributed by atoms with van der Waals surface area (Å²) in [7, 11) is 0. The number of rotatable bonds is 4. The summed E-state index contributed by atoms with van der Waals surface area (Å²) in [5, 5.41) is 12.2. The van der Waals surface area contributed by atoms with Gasteiger partial charge < -0.3 is 10.3 Å². The van der Waals surface area contributed by atoms with E-state index in [4.69, 9.17) is 0 Å². The van der Waals surface area contributed by atoms with E-state index in [-0.39, 0.29) is 4.87 Å². The minimum atomic E-state index is -0.00697. The molecule has 0 bridgehead atoms. The number of nitrogens with zero attached hydrogens (tertiary/aromatic N) is 1. The standard InChI is InChI=1S/C10H14N4OS/c1-6-9(7(2)14-13-6)4-11-3-8-5-16-10(15)12-8/h5,11H,3-4H2,1-2H3,(H,12,15)(H,13,14). The predicted molar refractivity (Wildman–Crippen MR) is 63.5 cm³/mol. The lowest BCUT2D eigenvalue weighted by Gasteiger charge is -2.03. The molecule has 0 spiro atoms. The van der Waals surface area contributed by atoms with Crippen molar-refractivity contribution in [3.8, 4) is 0 Å². The van der Waals surface area contributed by atoms with Gasteiger partial charge in [0.1, 0.15) is 0 Å². The van der Waals surface area contributed by atoms with Gasteiger partial charge in [-0.1, -0.05) is 11.3 Å². The van der Waals surface area contributed by atoms with E-state index < -0.39 is 0 Å². The minimum absolute atomic E-state index is 0.00697. The molecule has 5 nitrogen and oxygen atoms in total. The lowest BCUT2D eigenvalue weighted by atomic mass is 10.2. The van der Waals surface area contributed by atoms with Gasteiger partial charge in [0.2, 0.25) is 0 Å². The number of hydrogen-bond donors (Lipinski definition) is 3. The summed E-state index contributed by atoms with van der Waals surface area (Å²) >= 11 is 1.19. The van der Waals surface area contributed by atoms with Gasteiger partial charge in [-0.2, -0.15) is 5.10 Å². The van der Waals surface area contributed by atoms with Crippen molar-refractivity contribution in [3.05, 3.63) is 37.7 Å². The summed E-state index contributed by atoms with van der Waals surface area (Å²) in [5.41, 5.74) is 4.22. The molecule has 0 saturated carbocycles. The summed E-state index contributed by atoms with van der Waals surface area (Å²) in [6.45, 7) is 5.41. The lowest BCUT2D eigenvalue weighted by Crippen LogP contribution is -2.14. The highest BCUT2D eigenvalue weighted by atomic mass is 32.1. The predicted octanol–water partition coefficient (Wildman–Crippen LogP) is 1.07. The van der Waals surface area contributed by atoms with E-state index >= 15 is 0 Å². The average Bonchev–Trinajstić information content (AvgIpc) is 2.78. The molecule has 0 aliphatic heterocycles. The first-order valence-corrected chi connectivity index (χ1v) is 5.92. The second-order valence-electron chi connectivity index (χ2n) is 3.69. The fraction of sp³-hybridized carbons (Fsp3) is 0.400. The van der Waals surface area contributed by atoms with Crippen LogP contribution in [-0.2, 0) is 13.1 Å². The van der Waals surface area contributed by atoms with E-state index in [1.54, 1.807) is 0 Å². The van der Waals surface area contributed by atoms with Crippen LogP contribution in [0.15, 0.2) is 10.2 Å². The first kappa shape index (κ1) is 11.1. The van der Waals surface area contributed by atoms with Crippen LogP contribution in [0.1, 0.15) is 22.6 Å². The van der Waals surface area contributed by atoms with E-state index in [9.17, 15) is 4.79 Å². The Morgan fingerprint density at radius 1 is 1.44 bits per heavy atom. The molecule has 2 aromatic heterocycles. The number of hydrogen-bond acceptors (Lipinski definition) is 4. The number of aromatic amines is 2. The largest absolute Gasteiger partial charge is 0.315 e. The second-order valence-corrected chi connectivity index (χ2v) is 4.53. The number of nitrogens with one attached hydrogen (secondary N) is 3. The maximum Gasteiger partial charge on any atom is 0.304 e. The molecular formula is C10H14N4OS. The van der Waals surface area contributed by atoms with Crippen LogP contribution in [0.4, 0.5) is 0 Å². The van der Waals surface area contributed by atoms with Gasteiger partial charge in [0.25, 0.3) is 0 Å². The third-order valence-electron chi connectivity index (χ3n) is 2.47. The monoisotopic (exact) mass is 238 g/mol. The van der Waals surface area contributed by atoms with Crippen molar-refractivity contribution in [1.82, 2.24) is 20.5 Å². The van der Waals surface area contributed by atoms with Crippen molar-refractivity contribution in [3.63, 3.8) is 0 Å². The lowest BCUT2D eigenvalue weighted by molar-refractivity contribution is 0.677. The molecule has 0 radical (unpaired) electrons. The molecule has 6 heteroatoms. The van der Waals surface area contributed by atoms with Crippen LogP contribution in [-0.4, -0.2) is 15.2 Å². The van der Waals surface area contributed by atoms with Gasteiger partial charge in [0, 0.05) is 35.4 Å². The van der Waals surface area contributed by atoms with Crippen molar-refractivity contribution in [1.29, 1.82) is 0 Å². The Hall–Kier alpha value is -1.40. The maximum absolute atomic E-state index is 10.9. The smallest absolute Gasteiger partial charge is 0.304 e. The van der Waals surface area contributed by atoms with Gasteiger partial charge in [0.05, 0.1) is 5.69 Å². The second kappa shape index (κ2) is 4.63. The molecule has 0 amide bonds. The van der Waals surface area contributed by atoms with E-state index in [0.29, 0.717) is 6.54 Å². The normalized spacial score (nSPS) is 10.9. The molecule has 86 valence electrons. The van der Waals surface area contributed by atoms with Crippen molar-refractivity contribution >= 4 is 11.3 Å². The van der Waals surface area contributed by atoms with Gasteiger partial charge in [-0.15, -0.1) is 0 Å². The molecule has 2 rings (SSSR count). The zero-order chi connectivity index (χ0) is 11.5. The van der Waals surface area contributed by atoms with E-state index in [2.05, 4.69) is 20.5 Å². The fourth-order valence-electron chi connectivity index (χ4n) is 1.56. The highest BCUT2D eigenvalue weighted by molar-refractivity contribution is 7.07. The van der Waals surface area contributed by atoms with Crippen LogP contribution in [0.2, 0.25) is 0 Å². The van der Waals surface area contributed by atoms with E-state index in [1.807, 2.05) is 19.2 Å². The van der Waals surface area contributed by atoms with Crippen LogP contribution in [0.25, 0.3) is 0 Å². The Balaban J connectivity index is 1.91. The highest BCUT2D eigenvalue weighted by Gasteiger charge is 2.05. The molecule has 0 aromatic carbocycles. The molecule has 16 heavy (non-hydrogen) atoms. The molecule has 0 fully saturated rings. The summed E-state index contributed by atoms with van der Waals surface area (Å²) in [4.78, 5) is 13.7. The summed E-state index contributed by atoms with van der Waals surface area (Å²) < 4.78 is 0. The summed E-state index contributed by atoms with van der Waals surface area (Å²) in [5.74, 6) is 0. The third-order valence-corrected chi connectivity index (χ3v) is 3.19. The van der Waals surface area contributed by atoms with Crippen molar-refractivity contribution in [2.24, 2.45) is 0 Å². The van der Waals surface area contributed by atoms with Gasteiger partial charge in [-0.05, 0) is 13.8 Å². The first-order valence-electron chi connectivity index (χ1n) is 5.04. The first-order chi connectivity index (χ1) is 7.66. The number of aryl methyl sites for hydroxylation is 2. The number of thiazole rings is 1. The van der Waals surface area contributed by atoms with E-state index in [0.717, 1.165) is 23.6 Å². The molecule has 2 aromatic rings. The molecular weight excluding hydrogens is 224 g/mol. The van der Waals surface area contributed by atoms with Gasteiger partial charge in [0.15, 0.2) is 0 Å². The minimum Gasteiger partial charge on any atom is -0.315 e. The van der Waals surface area contributed by atoms with Crippen LogP contribution >= 0.6 is 11.3 Å². The van der Waals surface area contributed by atoms with Crippen LogP contribution in [0, 0.1) is 13.8 Å². The highest BCUT2D eigenvalue weighted by Crippen LogP contribution is 2.08. The average molecular weight is 238 g/mol. The Morgan fingerprint density at radius 3 is 2.81 bits per heavy atom. The Bertz CT molecular complexity index is 505. The summed E-state index contributed by atoms with van der Waals surface area (Å²) in [6.07, 6.45) is 0. The van der Waals surface area contributed by atoms with Gasteiger partial charge in [-0.3, -0.25) is 9.89 Å². The van der Waals surface area contributed by atoms with Crippen LogP contribution < -0.4 is 10.2 Å². The maximum atomic E-state index is 10.9. The molecule has 0 aliphatic rings. The quantitative estimate of drug-likeness (QED) is 0.746. The molecule has 3 N–H and O–H groups in total. The fourth-order valence-corrected chi connectivity index (χ4v) is 2.14. The third kappa shape index (κ3) is 2.40.